The van der Waals surface area contributed by atoms with Crippen LogP contribution in [-0.2, 0) is 6.54 Å². The van der Waals surface area contributed by atoms with Crippen molar-refractivity contribution < 1.29 is 4.79 Å². The van der Waals surface area contributed by atoms with E-state index in [-0.39, 0.29) is 5.91 Å². The highest BCUT2D eigenvalue weighted by atomic mass is 16.2. The van der Waals surface area contributed by atoms with E-state index >= 15 is 0 Å². The van der Waals surface area contributed by atoms with Gasteiger partial charge in [0.1, 0.15) is 5.69 Å². The molecule has 0 radical (unpaired) electrons. The molecule has 1 aromatic heterocycles. The van der Waals surface area contributed by atoms with Crippen LogP contribution < -0.4 is 5.32 Å². The Labute approximate surface area is 119 Å². The maximum Gasteiger partial charge on any atom is 0.268 e. The van der Waals surface area contributed by atoms with Crippen molar-refractivity contribution in [1.29, 1.82) is 0 Å². The van der Waals surface area contributed by atoms with Gasteiger partial charge in [-0.25, -0.2) is 0 Å². The van der Waals surface area contributed by atoms with Gasteiger partial charge in [-0.2, -0.15) is 0 Å². The lowest BCUT2D eigenvalue weighted by molar-refractivity contribution is 0.0929. The van der Waals surface area contributed by atoms with E-state index in [1.807, 2.05) is 41.1 Å². The van der Waals surface area contributed by atoms with Crippen LogP contribution in [0, 0.1) is 0 Å². The van der Waals surface area contributed by atoms with Gasteiger partial charge in [-0.1, -0.05) is 43.2 Å². The molecular formula is C17H20N2O. The van der Waals surface area contributed by atoms with Crippen LogP contribution in [-0.4, -0.2) is 16.5 Å². The molecule has 1 saturated carbocycles. The Hall–Kier alpha value is -2.03. The minimum absolute atomic E-state index is 0.0535. The molecule has 3 rings (SSSR count). The number of amides is 1. The van der Waals surface area contributed by atoms with Crippen molar-refractivity contribution in [2.24, 2.45) is 0 Å². The van der Waals surface area contributed by atoms with Gasteiger partial charge >= 0.3 is 0 Å². The number of benzene rings is 1. The standard InChI is InChI=1S/C17H20N2O/c20-17(18-15-9-4-5-10-15)16-11-6-12-19(16)13-14-7-2-1-3-8-14/h1-3,6-8,11-12,15H,4-5,9-10,13H2,(H,18,20). The monoisotopic (exact) mass is 268 g/mol. The van der Waals surface area contributed by atoms with Crippen LogP contribution in [0.1, 0.15) is 41.7 Å². The van der Waals surface area contributed by atoms with Crippen molar-refractivity contribution in [1.82, 2.24) is 9.88 Å². The highest BCUT2D eigenvalue weighted by Crippen LogP contribution is 2.18. The number of carbonyl (C=O) groups excluding carboxylic acids is 1. The summed E-state index contributed by atoms with van der Waals surface area (Å²) in [5.41, 5.74) is 1.96. The van der Waals surface area contributed by atoms with E-state index in [2.05, 4.69) is 17.4 Å². The van der Waals surface area contributed by atoms with Gasteiger partial charge in [0, 0.05) is 18.8 Å². The minimum atomic E-state index is 0.0535. The molecule has 1 heterocycles. The molecule has 0 saturated heterocycles. The number of nitrogens with zero attached hydrogens (tertiary/aromatic N) is 1. The van der Waals surface area contributed by atoms with Crippen molar-refractivity contribution in [3.8, 4) is 0 Å². The number of hydrogen-bond donors (Lipinski definition) is 1. The van der Waals surface area contributed by atoms with Crippen LogP contribution in [0.25, 0.3) is 0 Å². The predicted molar refractivity (Wildman–Crippen MR) is 79.7 cm³/mol. The molecule has 1 fully saturated rings. The molecule has 1 aliphatic rings. The number of nitrogens with one attached hydrogen (secondary N) is 1. The third-order valence-electron chi connectivity index (χ3n) is 3.95. The molecule has 1 aromatic carbocycles. The number of aromatic nitrogens is 1. The van der Waals surface area contributed by atoms with Gasteiger partial charge in [0.15, 0.2) is 0 Å². The van der Waals surface area contributed by atoms with Crippen molar-refractivity contribution in [2.45, 2.75) is 38.3 Å². The summed E-state index contributed by atoms with van der Waals surface area (Å²) in [5, 5.41) is 3.15. The topological polar surface area (TPSA) is 34.0 Å². The zero-order valence-corrected chi connectivity index (χ0v) is 11.6. The van der Waals surface area contributed by atoms with E-state index in [0.717, 1.165) is 25.1 Å². The first-order chi connectivity index (χ1) is 9.83. The molecular weight excluding hydrogens is 248 g/mol. The molecule has 1 amide bonds. The van der Waals surface area contributed by atoms with Crippen LogP contribution >= 0.6 is 0 Å². The molecule has 20 heavy (non-hydrogen) atoms. The van der Waals surface area contributed by atoms with Gasteiger partial charge in [0.2, 0.25) is 0 Å². The van der Waals surface area contributed by atoms with Crippen molar-refractivity contribution >= 4 is 5.91 Å². The molecule has 0 unspecified atom stereocenters. The first-order valence-electron chi connectivity index (χ1n) is 7.33. The second kappa shape index (κ2) is 5.95. The third kappa shape index (κ3) is 2.93. The molecule has 0 aliphatic heterocycles. The Morgan fingerprint density at radius 1 is 1.10 bits per heavy atom. The Kier molecular flexibility index (Phi) is 3.86. The zero-order valence-electron chi connectivity index (χ0n) is 11.6. The van der Waals surface area contributed by atoms with Gasteiger partial charge in [0.05, 0.1) is 0 Å². The molecule has 2 aromatic rings. The van der Waals surface area contributed by atoms with E-state index in [1.165, 1.54) is 18.4 Å². The highest BCUT2D eigenvalue weighted by Gasteiger charge is 2.19. The molecule has 0 bridgehead atoms. The Balaban J connectivity index is 1.71. The van der Waals surface area contributed by atoms with Gasteiger partial charge in [-0.15, -0.1) is 0 Å². The molecule has 3 heteroatoms. The molecule has 0 atom stereocenters. The number of carbonyl (C=O) groups is 1. The predicted octanol–water partition coefficient (Wildman–Crippen LogP) is 3.21. The molecule has 3 nitrogen and oxygen atoms in total. The van der Waals surface area contributed by atoms with Crippen LogP contribution in [0.3, 0.4) is 0 Å². The normalized spacial score (nSPS) is 15.4. The average Bonchev–Trinajstić information content (AvgIpc) is 3.11. The van der Waals surface area contributed by atoms with Crippen LogP contribution in [0.15, 0.2) is 48.7 Å². The summed E-state index contributed by atoms with van der Waals surface area (Å²) >= 11 is 0. The Morgan fingerprint density at radius 3 is 2.60 bits per heavy atom. The lowest BCUT2D eigenvalue weighted by Gasteiger charge is -2.14. The fraction of sp³-hybridized carbons (Fsp3) is 0.353. The van der Waals surface area contributed by atoms with Gasteiger partial charge in [-0.05, 0) is 30.5 Å². The maximum atomic E-state index is 12.3. The van der Waals surface area contributed by atoms with Crippen LogP contribution in [0.5, 0.6) is 0 Å². The van der Waals surface area contributed by atoms with E-state index < -0.39 is 0 Å². The summed E-state index contributed by atoms with van der Waals surface area (Å²) in [7, 11) is 0. The molecule has 104 valence electrons. The summed E-state index contributed by atoms with van der Waals surface area (Å²) in [6.07, 6.45) is 6.67. The second-order valence-electron chi connectivity index (χ2n) is 5.46. The quantitative estimate of drug-likeness (QED) is 0.907. The highest BCUT2D eigenvalue weighted by molar-refractivity contribution is 5.93. The van der Waals surface area contributed by atoms with Gasteiger partial charge in [0.25, 0.3) is 5.91 Å². The molecule has 1 aliphatic carbocycles. The number of hydrogen-bond acceptors (Lipinski definition) is 1. The summed E-state index contributed by atoms with van der Waals surface area (Å²) < 4.78 is 2.01. The first kappa shape index (κ1) is 13.0. The fourth-order valence-corrected chi connectivity index (χ4v) is 2.87. The lowest BCUT2D eigenvalue weighted by Crippen LogP contribution is -2.33. The first-order valence-corrected chi connectivity index (χ1v) is 7.33. The summed E-state index contributed by atoms with van der Waals surface area (Å²) in [6.45, 7) is 0.737. The van der Waals surface area contributed by atoms with Crippen LogP contribution in [0.4, 0.5) is 0 Å². The SMILES string of the molecule is O=C(NC1CCCC1)c1cccn1Cc1ccccc1. The molecule has 1 N–H and O–H groups in total. The summed E-state index contributed by atoms with van der Waals surface area (Å²) in [5.74, 6) is 0.0535. The van der Waals surface area contributed by atoms with Gasteiger partial charge in [-0.3, -0.25) is 4.79 Å². The smallest absolute Gasteiger partial charge is 0.268 e. The second-order valence-corrected chi connectivity index (χ2v) is 5.46. The number of rotatable bonds is 4. The van der Waals surface area contributed by atoms with Crippen molar-refractivity contribution in [3.63, 3.8) is 0 Å². The van der Waals surface area contributed by atoms with Crippen molar-refractivity contribution in [3.05, 3.63) is 59.9 Å². The molecule has 0 spiro atoms. The van der Waals surface area contributed by atoms with E-state index in [4.69, 9.17) is 0 Å². The summed E-state index contributed by atoms with van der Waals surface area (Å²) in [4.78, 5) is 12.3. The lowest BCUT2D eigenvalue weighted by atomic mass is 10.2. The van der Waals surface area contributed by atoms with E-state index in [1.54, 1.807) is 0 Å². The zero-order chi connectivity index (χ0) is 13.8. The fourth-order valence-electron chi connectivity index (χ4n) is 2.87. The van der Waals surface area contributed by atoms with Gasteiger partial charge < -0.3 is 9.88 Å². The largest absolute Gasteiger partial charge is 0.348 e. The van der Waals surface area contributed by atoms with E-state index in [9.17, 15) is 4.79 Å². The van der Waals surface area contributed by atoms with Crippen molar-refractivity contribution in [2.75, 3.05) is 0 Å². The van der Waals surface area contributed by atoms with E-state index in [0.29, 0.717) is 6.04 Å². The third-order valence-corrected chi connectivity index (χ3v) is 3.95. The average molecular weight is 268 g/mol. The Morgan fingerprint density at radius 2 is 1.85 bits per heavy atom. The Bertz CT molecular complexity index is 568. The maximum absolute atomic E-state index is 12.3. The van der Waals surface area contributed by atoms with Crippen LogP contribution in [0.2, 0.25) is 0 Å². The minimum Gasteiger partial charge on any atom is -0.348 e. The summed E-state index contributed by atoms with van der Waals surface area (Å²) in [6, 6.07) is 14.4.